The van der Waals surface area contributed by atoms with Crippen molar-refractivity contribution in [2.24, 2.45) is 0 Å². The Morgan fingerprint density at radius 2 is 2.21 bits per heavy atom. The van der Waals surface area contributed by atoms with Gasteiger partial charge in [-0.3, -0.25) is 0 Å². The molecule has 0 aliphatic heterocycles. The van der Waals surface area contributed by atoms with Crippen LogP contribution in [0.3, 0.4) is 0 Å². The molecule has 1 atom stereocenters. The van der Waals surface area contributed by atoms with Gasteiger partial charge in [0.05, 0.1) is 17.9 Å². The highest BCUT2D eigenvalue weighted by Gasteiger charge is 2.22. The fraction of sp³-hybridized carbons (Fsp3) is 0.200. The summed E-state index contributed by atoms with van der Waals surface area (Å²) in [6.45, 7) is 0. The average Bonchev–Trinajstić information content (AvgIpc) is 2.82. The number of rotatable bonds is 2. The molecule has 1 heterocycles. The number of nitriles is 1. The van der Waals surface area contributed by atoms with Gasteiger partial charge in [0.25, 0.3) is 0 Å². The van der Waals surface area contributed by atoms with Crippen LogP contribution in [0.1, 0.15) is 29.3 Å². The first-order valence-corrected chi connectivity index (χ1v) is 6.27. The summed E-state index contributed by atoms with van der Waals surface area (Å²) in [4.78, 5) is 4.07. The first-order chi connectivity index (χ1) is 9.26. The first-order valence-electron chi connectivity index (χ1n) is 6.27. The fourth-order valence-electron chi connectivity index (χ4n) is 2.53. The largest absolute Gasteiger partial charge is 0.399 e. The minimum Gasteiger partial charge on any atom is -0.399 e. The van der Waals surface area contributed by atoms with Gasteiger partial charge in [0.2, 0.25) is 0 Å². The highest BCUT2D eigenvalue weighted by Crippen LogP contribution is 2.34. The summed E-state index contributed by atoms with van der Waals surface area (Å²) < 4.78 is 0. The van der Waals surface area contributed by atoms with Crippen molar-refractivity contribution in [3.05, 3.63) is 53.3 Å². The second kappa shape index (κ2) is 4.62. The van der Waals surface area contributed by atoms with Crippen LogP contribution in [-0.4, -0.2) is 4.98 Å². The van der Waals surface area contributed by atoms with E-state index in [2.05, 4.69) is 16.4 Å². The number of nitrogens with two attached hydrogens (primary N) is 1. The van der Waals surface area contributed by atoms with Crippen LogP contribution in [0.4, 0.5) is 11.4 Å². The Kier molecular flexibility index (Phi) is 2.81. The summed E-state index contributed by atoms with van der Waals surface area (Å²) in [7, 11) is 0. The monoisotopic (exact) mass is 250 g/mol. The van der Waals surface area contributed by atoms with Crippen LogP contribution in [0.15, 0.2) is 36.5 Å². The number of anilines is 2. The molecule has 3 N–H and O–H groups in total. The summed E-state index contributed by atoms with van der Waals surface area (Å²) in [5.74, 6) is 0. The predicted octanol–water partition coefficient (Wildman–Crippen LogP) is 2.63. The predicted molar refractivity (Wildman–Crippen MR) is 74.5 cm³/mol. The van der Waals surface area contributed by atoms with E-state index in [1.165, 1.54) is 11.1 Å². The van der Waals surface area contributed by atoms with E-state index in [4.69, 9.17) is 11.0 Å². The van der Waals surface area contributed by atoms with Gasteiger partial charge < -0.3 is 11.1 Å². The number of aromatic nitrogens is 1. The molecule has 2 aromatic rings. The molecule has 19 heavy (non-hydrogen) atoms. The van der Waals surface area contributed by atoms with E-state index in [-0.39, 0.29) is 0 Å². The summed E-state index contributed by atoms with van der Waals surface area (Å²) in [6.07, 6.45) is 3.80. The van der Waals surface area contributed by atoms with E-state index in [0.717, 1.165) is 24.2 Å². The van der Waals surface area contributed by atoms with Crippen LogP contribution >= 0.6 is 0 Å². The number of hydrogen-bond acceptors (Lipinski definition) is 4. The van der Waals surface area contributed by atoms with E-state index in [1.54, 1.807) is 12.3 Å². The van der Waals surface area contributed by atoms with Gasteiger partial charge >= 0.3 is 0 Å². The quantitative estimate of drug-likeness (QED) is 0.803. The number of nitrogens with one attached hydrogen (secondary N) is 1. The molecule has 1 aromatic carbocycles. The van der Waals surface area contributed by atoms with Crippen molar-refractivity contribution in [3.8, 4) is 6.07 Å². The van der Waals surface area contributed by atoms with E-state index in [0.29, 0.717) is 11.7 Å². The third-order valence-electron chi connectivity index (χ3n) is 3.46. The molecule has 1 aliphatic carbocycles. The van der Waals surface area contributed by atoms with Crippen molar-refractivity contribution in [1.82, 2.24) is 4.98 Å². The Bertz CT molecular complexity index is 640. The zero-order chi connectivity index (χ0) is 13.2. The molecule has 4 nitrogen and oxygen atoms in total. The zero-order valence-electron chi connectivity index (χ0n) is 10.4. The fourth-order valence-corrected chi connectivity index (χ4v) is 2.53. The van der Waals surface area contributed by atoms with Crippen LogP contribution in [0.5, 0.6) is 0 Å². The highest BCUT2D eigenvalue weighted by molar-refractivity contribution is 5.52. The van der Waals surface area contributed by atoms with Gasteiger partial charge in [0.1, 0.15) is 11.8 Å². The lowest BCUT2D eigenvalue weighted by Gasteiger charge is -2.15. The van der Waals surface area contributed by atoms with Gasteiger partial charge in [-0.1, -0.05) is 6.07 Å². The standard InChI is InChI=1S/C15H14N4/c16-8-12-3-4-13(9-18-12)19-15-6-1-10-7-11(17)2-5-14(10)15/h2-5,7,9,15,19H,1,6,17H2. The molecule has 4 heteroatoms. The van der Waals surface area contributed by atoms with E-state index in [1.807, 2.05) is 24.3 Å². The molecule has 0 radical (unpaired) electrons. The summed E-state index contributed by atoms with van der Waals surface area (Å²) in [5, 5.41) is 12.2. The number of pyridine rings is 1. The molecule has 0 saturated heterocycles. The SMILES string of the molecule is N#Cc1ccc(NC2CCc3cc(N)ccc32)cn1. The second-order valence-corrected chi connectivity index (χ2v) is 4.74. The van der Waals surface area contributed by atoms with Crippen molar-refractivity contribution < 1.29 is 0 Å². The van der Waals surface area contributed by atoms with Gasteiger partial charge in [0.15, 0.2) is 0 Å². The number of hydrogen-bond donors (Lipinski definition) is 2. The van der Waals surface area contributed by atoms with Crippen molar-refractivity contribution in [2.45, 2.75) is 18.9 Å². The summed E-state index contributed by atoms with van der Waals surface area (Å²) in [6, 6.07) is 12.0. The summed E-state index contributed by atoms with van der Waals surface area (Å²) in [5.41, 5.74) is 10.6. The van der Waals surface area contributed by atoms with Crippen LogP contribution in [0.2, 0.25) is 0 Å². The molecule has 0 spiro atoms. The van der Waals surface area contributed by atoms with Crippen molar-refractivity contribution in [1.29, 1.82) is 5.26 Å². The minimum atomic E-state index is 0.297. The Morgan fingerprint density at radius 1 is 1.32 bits per heavy atom. The van der Waals surface area contributed by atoms with E-state index >= 15 is 0 Å². The molecule has 0 saturated carbocycles. The average molecular weight is 250 g/mol. The Hall–Kier alpha value is -2.54. The lowest BCUT2D eigenvalue weighted by molar-refractivity contribution is 0.761. The topological polar surface area (TPSA) is 74.7 Å². The van der Waals surface area contributed by atoms with E-state index < -0.39 is 0 Å². The molecule has 3 rings (SSSR count). The number of benzene rings is 1. The number of aryl methyl sites for hydroxylation is 1. The number of fused-ring (bicyclic) bond motifs is 1. The van der Waals surface area contributed by atoms with Gasteiger partial charge in [-0.05, 0) is 48.2 Å². The van der Waals surface area contributed by atoms with Crippen LogP contribution in [0, 0.1) is 11.3 Å². The van der Waals surface area contributed by atoms with Crippen molar-refractivity contribution in [3.63, 3.8) is 0 Å². The Labute approximate surface area is 111 Å². The normalized spacial score (nSPS) is 16.7. The van der Waals surface area contributed by atoms with Gasteiger partial charge in [-0.25, -0.2) is 4.98 Å². The molecular formula is C15H14N4. The first kappa shape index (κ1) is 11.5. The van der Waals surface area contributed by atoms with E-state index in [9.17, 15) is 0 Å². The number of nitrogens with zero attached hydrogens (tertiary/aromatic N) is 2. The molecule has 0 amide bonds. The van der Waals surface area contributed by atoms with Crippen molar-refractivity contribution in [2.75, 3.05) is 11.1 Å². The van der Waals surface area contributed by atoms with Crippen molar-refractivity contribution >= 4 is 11.4 Å². The molecule has 94 valence electrons. The van der Waals surface area contributed by atoms with Crippen LogP contribution < -0.4 is 11.1 Å². The second-order valence-electron chi connectivity index (χ2n) is 4.74. The highest BCUT2D eigenvalue weighted by atomic mass is 14.9. The lowest BCUT2D eigenvalue weighted by atomic mass is 10.1. The third kappa shape index (κ3) is 2.23. The van der Waals surface area contributed by atoms with Gasteiger partial charge in [0, 0.05) is 5.69 Å². The van der Waals surface area contributed by atoms with Crippen LogP contribution in [0.25, 0.3) is 0 Å². The zero-order valence-corrected chi connectivity index (χ0v) is 10.4. The maximum Gasteiger partial charge on any atom is 0.140 e. The molecule has 1 aliphatic rings. The molecule has 1 unspecified atom stereocenters. The summed E-state index contributed by atoms with van der Waals surface area (Å²) >= 11 is 0. The molecule has 1 aromatic heterocycles. The number of nitrogen functional groups attached to an aromatic ring is 1. The molecule has 0 fully saturated rings. The molecular weight excluding hydrogens is 236 g/mol. The maximum atomic E-state index is 8.72. The molecule has 0 bridgehead atoms. The van der Waals surface area contributed by atoms with Gasteiger partial charge in [-0.15, -0.1) is 0 Å². The Morgan fingerprint density at radius 3 is 2.95 bits per heavy atom. The third-order valence-corrected chi connectivity index (χ3v) is 3.46. The Balaban J connectivity index is 1.80. The van der Waals surface area contributed by atoms with Gasteiger partial charge in [-0.2, -0.15) is 5.26 Å². The minimum absolute atomic E-state index is 0.297. The maximum absolute atomic E-state index is 8.72. The smallest absolute Gasteiger partial charge is 0.140 e. The van der Waals surface area contributed by atoms with Crippen LogP contribution in [-0.2, 0) is 6.42 Å². The lowest BCUT2D eigenvalue weighted by Crippen LogP contribution is -2.07.